The Balaban J connectivity index is 2.13. The average molecular weight is 327 g/mol. The molecule has 0 saturated heterocycles. The van der Waals surface area contributed by atoms with E-state index < -0.39 is 11.9 Å². The zero-order valence-corrected chi connectivity index (χ0v) is 13.6. The van der Waals surface area contributed by atoms with E-state index in [1.54, 1.807) is 6.07 Å². The van der Waals surface area contributed by atoms with Crippen molar-refractivity contribution in [1.82, 2.24) is 0 Å². The number of rotatable bonds is 7. The molecule has 0 radical (unpaired) electrons. The molecule has 0 fully saturated rings. The molecule has 0 spiro atoms. The fourth-order valence-corrected chi connectivity index (χ4v) is 2.49. The van der Waals surface area contributed by atoms with Gasteiger partial charge in [-0.25, -0.2) is 0 Å². The number of nitrogens with one attached hydrogen (secondary N) is 1. The van der Waals surface area contributed by atoms with Crippen molar-refractivity contribution in [1.29, 1.82) is 0 Å². The summed E-state index contributed by atoms with van der Waals surface area (Å²) in [4.78, 5) is 22.7. The third kappa shape index (κ3) is 5.21. The monoisotopic (exact) mass is 327 g/mol. The van der Waals surface area contributed by atoms with Crippen LogP contribution in [0.1, 0.15) is 24.0 Å². The van der Waals surface area contributed by atoms with Crippen LogP contribution in [0, 0.1) is 0 Å². The van der Waals surface area contributed by atoms with E-state index in [9.17, 15) is 14.7 Å². The topological polar surface area (TPSA) is 75.6 Å². The van der Waals surface area contributed by atoms with Gasteiger partial charge < -0.3 is 15.2 Å². The molecule has 0 bridgehead atoms. The molecule has 1 amide bonds. The van der Waals surface area contributed by atoms with Crippen molar-refractivity contribution in [2.45, 2.75) is 19.3 Å². The first kappa shape index (κ1) is 17.7. The van der Waals surface area contributed by atoms with E-state index >= 15 is 0 Å². The van der Waals surface area contributed by atoms with Gasteiger partial charge in [-0.15, -0.1) is 0 Å². The van der Waals surface area contributed by atoms with Crippen LogP contribution in [0.4, 0.5) is 5.69 Å². The molecule has 1 unspecified atom stereocenters. The molecule has 0 heterocycles. The first-order valence-corrected chi connectivity index (χ1v) is 7.77. The van der Waals surface area contributed by atoms with E-state index in [2.05, 4.69) is 5.32 Å². The Hall–Kier alpha value is -2.66. The third-order valence-corrected chi connectivity index (χ3v) is 3.63. The maximum absolute atomic E-state index is 11.9. The zero-order chi connectivity index (χ0) is 17.4. The van der Waals surface area contributed by atoms with Gasteiger partial charge in [0.05, 0.1) is 6.61 Å². The van der Waals surface area contributed by atoms with Gasteiger partial charge >= 0.3 is 5.97 Å². The molecule has 0 aromatic heterocycles. The van der Waals surface area contributed by atoms with E-state index in [0.29, 0.717) is 12.1 Å². The summed E-state index contributed by atoms with van der Waals surface area (Å²) in [5.41, 5.74) is 2.57. The van der Waals surface area contributed by atoms with Gasteiger partial charge in [-0.1, -0.05) is 48.5 Å². The minimum absolute atomic E-state index is 0.0360. The Bertz CT molecular complexity index is 685. The smallest absolute Gasteiger partial charge is 0.303 e. The summed E-state index contributed by atoms with van der Waals surface area (Å²) in [6, 6.07) is 17.2. The van der Waals surface area contributed by atoms with E-state index in [4.69, 9.17) is 4.74 Å². The number of hydrogen-bond donors (Lipinski definition) is 2. The summed E-state index contributed by atoms with van der Waals surface area (Å²) >= 11 is 0. The third-order valence-electron chi connectivity index (χ3n) is 3.63. The fourth-order valence-electron chi connectivity index (χ4n) is 2.49. The fraction of sp³-hybridized carbons (Fsp3) is 0.263. The normalized spacial score (nSPS) is 11.6. The van der Waals surface area contributed by atoms with Crippen molar-refractivity contribution in [3.8, 4) is 0 Å². The summed E-state index contributed by atoms with van der Waals surface area (Å²) in [5, 5.41) is 12.5. The Morgan fingerprint density at radius 3 is 2.42 bits per heavy atom. The number of esters is 1. The van der Waals surface area contributed by atoms with Crippen molar-refractivity contribution >= 4 is 17.6 Å². The summed E-state index contributed by atoms with van der Waals surface area (Å²) in [5.74, 6) is -1.05. The van der Waals surface area contributed by atoms with Gasteiger partial charge in [0.1, 0.15) is 0 Å². The quantitative estimate of drug-likeness (QED) is 0.766. The Kier molecular flexibility index (Phi) is 6.51. The molecule has 2 aromatic carbocycles. The van der Waals surface area contributed by atoms with Crippen molar-refractivity contribution in [3.05, 3.63) is 65.7 Å². The van der Waals surface area contributed by atoms with E-state index in [1.165, 1.54) is 6.92 Å². The van der Waals surface area contributed by atoms with Gasteiger partial charge in [-0.2, -0.15) is 0 Å². The summed E-state index contributed by atoms with van der Waals surface area (Å²) in [6.45, 7) is 0.890. The SMILES string of the molecule is CC(=O)OCC(=O)Nc1ccccc1C(CO)Cc1ccccc1. The van der Waals surface area contributed by atoms with Gasteiger partial charge in [-0.05, 0) is 23.6 Å². The number of aliphatic hydroxyl groups is 1. The van der Waals surface area contributed by atoms with E-state index in [-0.39, 0.29) is 19.1 Å². The molecule has 24 heavy (non-hydrogen) atoms. The number of benzene rings is 2. The molecule has 0 aliphatic rings. The summed E-state index contributed by atoms with van der Waals surface area (Å²) in [6.07, 6.45) is 0.661. The maximum atomic E-state index is 11.9. The van der Waals surface area contributed by atoms with Crippen LogP contribution >= 0.6 is 0 Å². The lowest BCUT2D eigenvalue weighted by Crippen LogP contribution is -2.21. The highest BCUT2D eigenvalue weighted by Crippen LogP contribution is 2.27. The van der Waals surface area contributed by atoms with E-state index in [1.807, 2.05) is 48.5 Å². The van der Waals surface area contributed by atoms with Crippen molar-refractivity contribution in [2.24, 2.45) is 0 Å². The lowest BCUT2D eigenvalue weighted by molar-refractivity contribution is -0.144. The van der Waals surface area contributed by atoms with Crippen LogP contribution < -0.4 is 5.32 Å². The molecule has 0 saturated carbocycles. The number of ether oxygens (including phenoxy) is 1. The first-order chi connectivity index (χ1) is 11.6. The number of aliphatic hydroxyl groups excluding tert-OH is 1. The Morgan fingerprint density at radius 1 is 1.08 bits per heavy atom. The number of para-hydroxylation sites is 1. The predicted molar refractivity (Wildman–Crippen MR) is 91.7 cm³/mol. The molecular formula is C19H21NO4. The Labute approximate surface area is 141 Å². The van der Waals surface area contributed by atoms with Crippen molar-refractivity contribution in [2.75, 3.05) is 18.5 Å². The predicted octanol–water partition coefficient (Wildman–Crippen LogP) is 2.51. The first-order valence-electron chi connectivity index (χ1n) is 7.77. The molecular weight excluding hydrogens is 306 g/mol. The zero-order valence-electron chi connectivity index (χ0n) is 13.6. The van der Waals surface area contributed by atoms with E-state index in [0.717, 1.165) is 11.1 Å². The largest absolute Gasteiger partial charge is 0.456 e. The number of carbonyl (C=O) groups excluding carboxylic acids is 2. The van der Waals surface area contributed by atoms with Crippen molar-refractivity contribution < 1.29 is 19.4 Å². The van der Waals surface area contributed by atoms with Gasteiger partial charge in [0.15, 0.2) is 6.61 Å². The van der Waals surface area contributed by atoms with Crippen LogP contribution in [0.15, 0.2) is 54.6 Å². The average Bonchev–Trinajstić information content (AvgIpc) is 2.59. The van der Waals surface area contributed by atoms with Crippen LogP contribution in [0.3, 0.4) is 0 Å². The van der Waals surface area contributed by atoms with Gasteiger partial charge in [0, 0.05) is 18.5 Å². The number of hydrogen-bond acceptors (Lipinski definition) is 4. The standard InChI is InChI=1S/C19H21NO4/c1-14(22)24-13-19(23)20-18-10-6-5-9-17(18)16(12-21)11-15-7-3-2-4-8-15/h2-10,16,21H,11-13H2,1H3,(H,20,23). The molecule has 126 valence electrons. The highest BCUT2D eigenvalue weighted by Gasteiger charge is 2.16. The van der Waals surface area contributed by atoms with Crippen LogP contribution in [0.2, 0.25) is 0 Å². The number of anilines is 1. The molecule has 0 aliphatic carbocycles. The summed E-state index contributed by atoms with van der Waals surface area (Å²) < 4.78 is 4.70. The lowest BCUT2D eigenvalue weighted by Gasteiger charge is -2.19. The minimum Gasteiger partial charge on any atom is -0.456 e. The van der Waals surface area contributed by atoms with Gasteiger partial charge in [-0.3, -0.25) is 9.59 Å². The molecule has 5 nitrogen and oxygen atoms in total. The van der Waals surface area contributed by atoms with Gasteiger partial charge in [0.25, 0.3) is 5.91 Å². The Morgan fingerprint density at radius 2 is 1.75 bits per heavy atom. The highest BCUT2D eigenvalue weighted by molar-refractivity contribution is 5.93. The number of amides is 1. The lowest BCUT2D eigenvalue weighted by atomic mass is 9.91. The molecule has 2 rings (SSSR count). The summed E-state index contributed by atoms with van der Waals surface area (Å²) in [7, 11) is 0. The second-order valence-electron chi connectivity index (χ2n) is 5.48. The molecule has 5 heteroatoms. The van der Waals surface area contributed by atoms with Crippen LogP contribution in [0.5, 0.6) is 0 Å². The molecule has 1 atom stereocenters. The molecule has 2 N–H and O–H groups in total. The van der Waals surface area contributed by atoms with Crippen LogP contribution in [-0.4, -0.2) is 30.2 Å². The highest BCUT2D eigenvalue weighted by atomic mass is 16.5. The molecule has 0 aliphatic heterocycles. The second kappa shape index (κ2) is 8.84. The van der Waals surface area contributed by atoms with Crippen LogP contribution in [0.25, 0.3) is 0 Å². The molecule has 2 aromatic rings. The maximum Gasteiger partial charge on any atom is 0.303 e. The minimum atomic E-state index is -0.504. The van der Waals surface area contributed by atoms with Crippen molar-refractivity contribution in [3.63, 3.8) is 0 Å². The van der Waals surface area contributed by atoms with Crippen LogP contribution in [-0.2, 0) is 20.7 Å². The van der Waals surface area contributed by atoms with Gasteiger partial charge in [0.2, 0.25) is 0 Å². The second-order valence-corrected chi connectivity index (χ2v) is 5.48. The number of carbonyl (C=O) groups is 2.